The fourth-order valence-electron chi connectivity index (χ4n) is 5.28. The summed E-state index contributed by atoms with van der Waals surface area (Å²) in [6.07, 6.45) is 2.94. The van der Waals surface area contributed by atoms with Crippen LogP contribution in [0.25, 0.3) is 27.8 Å². The minimum absolute atomic E-state index is 0.0217. The Balaban J connectivity index is 1.94. The molecular weight excluding hydrogens is 396 g/mol. The van der Waals surface area contributed by atoms with Gasteiger partial charge in [-0.2, -0.15) is 0 Å². The van der Waals surface area contributed by atoms with Crippen molar-refractivity contribution >= 4 is 27.8 Å². The van der Waals surface area contributed by atoms with Crippen molar-refractivity contribution in [2.45, 2.75) is 97.3 Å². The van der Waals surface area contributed by atoms with Crippen LogP contribution in [0.3, 0.4) is 0 Å². The Morgan fingerprint density at radius 3 is 2.00 bits per heavy atom. The Morgan fingerprint density at radius 2 is 1.41 bits per heavy atom. The molecule has 0 aliphatic heterocycles. The quantitative estimate of drug-likeness (QED) is 0.354. The predicted molar refractivity (Wildman–Crippen MR) is 129 cm³/mol. The van der Waals surface area contributed by atoms with Gasteiger partial charge in [0.25, 0.3) is 0 Å². The molecule has 0 unspecified atom stereocenters. The number of aromatic nitrogens is 6. The fraction of sp³-hybridized carbons (Fsp3) is 0.577. The average molecular weight is 431 g/mol. The predicted octanol–water partition coefficient (Wildman–Crippen LogP) is 5.77. The minimum atomic E-state index is -0.194. The van der Waals surface area contributed by atoms with E-state index in [1.54, 1.807) is 0 Å². The van der Waals surface area contributed by atoms with E-state index in [1.807, 2.05) is 6.20 Å². The normalized spacial score (nSPS) is 18.1. The number of nitrogens with zero attached hydrogens (tertiary/aromatic N) is 6. The first-order valence-corrected chi connectivity index (χ1v) is 11.5. The molecule has 0 saturated carbocycles. The van der Waals surface area contributed by atoms with Crippen LogP contribution in [0, 0.1) is 0 Å². The van der Waals surface area contributed by atoms with Crippen LogP contribution in [-0.2, 0) is 21.7 Å². The first-order chi connectivity index (χ1) is 14.6. The summed E-state index contributed by atoms with van der Waals surface area (Å²) in [5.74, 6) is 0.942. The Hall–Kier alpha value is -2.63. The summed E-state index contributed by atoms with van der Waals surface area (Å²) in [4.78, 5) is 25.2. The maximum absolute atomic E-state index is 5.21. The van der Waals surface area contributed by atoms with Crippen molar-refractivity contribution in [3.63, 3.8) is 0 Å². The summed E-state index contributed by atoms with van der Waals surface area (Å²) in [7, 11) is 0. The minimum Gasteiger partial charge on any atom is -0.262 e. The lowest BCUT2D eigenvalue weighted by molar-refractivity contribution is 0.396. The maximum atomic E-state index is 5.21. The third-order valence-corrected chi connectivity index (χ3v) is 6.66. The number of hydrogen-bond donors (Lipinski definition) is 0. The highest BCUT2D eigenvalue weighted by Gasteiger charge is 2.45. The number of fused-ring (bicyclic) bond motifs is 6. The van der Waals surface area contributed by atoms with Crippen LogP contribution in [0.5, 0.6) is 0 Å². The Kier molecular flexibility index (Phi) is 4.00. The standard InChI is InChI=1S/C26H34N6/c1-23(2,3)16-11-15-14(12-27-16)20-31-19-21(32(20)22(28-15)24(4,5)6)30-18-17(29-19)25(7,8)13-26(18,9)10/h11-12H,13H2,1-10H3. The van der Waals surface area contributed by atoms with Crippen molar-refractivity contribution in [2.24, 2.45) is 0 Å². The van der Waals surface area contributed by atoms with E-state index in [1.165, 1.54) is 0 Å². The van der Waals surface area contributed by atoms with Gasteiger partial charge in [-0.25, -0.2) is 19.9 Å². The van der Waals surface area contributed by atoms with Crippen molar-refractivity contribution in [1.29, 1.82) is 0 Å². The van der Waals surface area contributed by atoms with Crippen molar-refractivity contribution in [1.82, 2.24) is 29.3 Å². The summed E-state index contributed by atoms with van der Waals surface area (Å²) < 4.78 is 2.12. The average Bonchev–Trinajstić information content (AvgIpc) is 3.10. The zero-order valence-electron chi connectivity index (χ0n) is 21.0. The van der Waals surface area contributed by atoms with Gasteiger partial charge >= 0.3 is 0 Å². The second kappa shape index (κ2) is 6.03. The summed E-state index contributed by atoms with van der Waals surface area (Å²) in [6.45, 7) is 22.1. The monoisotopic (exact) mass is 430 g/mol. The molecule has 5 rings (SSSR count). The summed E-state index contributed by atoms with van der Waals surface area (Å²) in [5, 5.41) is 0.935. The Bertz CT molecular complexity index is 1410. The molecule has 0 N–H and O–H groups in total. The molecule has 0 amide bonds. The zero-order valence-corrected chi connectivity index (χ0v) is 21.0. The molecule has 4 heterocycles. The number of imidazole rings is 1. The van der Waals surface area contributed by atoms with Gasteiger partial charge in [0.2, 0.25) is 0 Å². The highest BCUT2D eigenvalue weighted by molar-refractivity contribution is 5.95. The summed E-state index contributed by atoms with van der Waals surface area (Å²) >= 11 is 0. The fourth-order valence-corrected chi connectivity index (χ4v) is 5.28. The van der Waals surface area contributed by atoms with E-state index in [0.717, 1.165) is 51.5 Å². The van der Waals surface area contributed by atoms with E-state index in [9.17, 15) is 0 Å². The van der Waals surface area contributed by atoms with E-state index in [0.29, 0.717) is 5.65 Å². The molecule has 6 nitrogen and oxygen atoms in total. The smallest absolute Gasteiger partial charge is 0.198 e. The molecule has 32 heavy (non-hydrogen) atoms. The highest BCUT2D eigenvalue weighted by atomic mass is 15.2. The second-order valence-electron chi connectivity index (χ2n) is 12.8. The maximum Gasteiger partial charge on any atom is 0.198 e. The van der Waals surface area contributed by atoms with E-state index in [4.69, 9.17) is 24.9 Å². The molecule has 0 bridgehead atoms. The first kappa shape index (κ1) is 21.2. The van der Waals surface area contributed by atoms with Gasteiger partial charge in [-0.1, -0.05) is 69.2 Å². The van der Waals surface area contributed by atoms with Crippen molar-refractivity contribution in [3.8, 4) is 0 Å². The lowest BCUT2D eigenvalue weighted by Gasteiger charge is -2.22. The van der Waals surface area contributed by atoms with Gasteiger partial charge < -0.3 is 0 Å². The van der Waals surface area contributed by atoms with E-state index in [2.05, 4.69) is 79.7 Å². The Labute approximate surface area is 189 Å². The molecule has 0 spiro atoms. The van der Waals surface area contributed by atoms with E-state index < -0.39 is 0 Å². The van der Waals surface area contributed by atoms with Crippen LogP contribution in [0.15, 0.2) is 12.3 Å². The summed E-state index contributed by atoms with van der Waals surface area (Å²) in [5.41, 5.74) is 6.12. The van der Waals surface area contributed by atoms with Crippen LogP contribution in [-0.4, -0.2) is 29.3 Å². The molecular formula is C26H34N6. The third-order valence-electron chi connectivity index (χ3n) is 6.66. The third kappa shape index (κ3) is 2.95. The van der Waals surface area contributed by atoms with E-state index in [-0.39, 0.29) is 21.7 Å². The van der Waals surface area contributed by atoms with Crippen molar-refractivity contribution in [2.75, 3.05) is 0 Å². The second-order valence-corrected chi connectivity index (χ2v) is 12.8. The molecule has 1 aliphatic rings. The van der Waals surface area contributed by atoms with Gasteiger partial charge in [-0.15, -0.1) is 0 Å². The molecule has 1 aliphatic carbocycles. The van der Waals surface area contributed by atoms with Gasteiger partial charge in [0, 0.05) is 33.6 Å². The number of rotatable bonds is 0. The van der Waals surface area contributed by atoms with Gasteiger partial charge in [-0.05, 0) is 12.5 Å². The molecule has 0 saturated heterocycles. The largest absolute Gasteiger partial charge is 0.262 e. The topological polar surface area (TPSA) is 68.9 Å². The molecule has 6 heteroatoms. The SMILES string of the molecule is CC(C)(C)c1cc2nc(C(C)(C)C)n3c4nc5c(nc4nc3c2cn1)C(C)(C)CC5(C)C. The lowest BCUT2D eigenvalue weighted by atomic mass is 9.83. The summed E-state index contributed by atoms with van der Waals surface area (Å²) in [6, 6.07) is 2.11. The molecule has 0 atom stereocenters. The van der Waals surface area contributed by atoms with Crippen LogP contribution >= 0.6 is 0 Å². The van der Waals surface area contributed by atoms with Gasteiger partial charge in [0.05, 0.1) is 22.3 Å². The molecule has 4 aromatic heterocycles. The Morgan fingerprint density at radius 1 is 0.781 bits per heavy atom. The van der Waals surface area contributed by atoms with Gasteiger partial charge in [0.1, 0.15) is 5.82 Å². The number of pyridine rings is 1. The number of hydrogen-bond acceptors (Lipinski definition) is 5. The van der Waals surface area contributed by atoms with Crippen LogP contribution in [0.2, 0.25) is 0 Å². The first-order valence-electron chi connectivity index (χ1n) is 11.5. The molecule has 0 aromatic carbocycles. The molecule has 168 valence electrons. The highest BCUT2D eigenvalue weighted by Crippen LogP contribution is 2.48. The molecule has 0 fully saturated rings. The zero-order chi connectivity index (χ0) is 23.4. The lowest BCUT2D eigenvalue weighted by Crippen LogP contribution is -2.20. The van der Waals surface area contributed by atoms with Crippen LogP contribution < -0.4 is 0 Å². The van der Waals surface area contributed by atoms with Gasteiger partial charge in [0.15, 0.2) is 16.9 Å². The van der Waals surface area contributed by atoms with Crippen molar-refractivity contribution in [3.05, 3.63) is 35.2 Å². The van der Waals surface area contributed by atoms with E-state index >= 15 is 0 Å². The molecule has 4 aromatic rings. The van der Waals surface area contributed by atoms with Crippen LogP contribution in [0.4, 0.5) is 0 Å². The molecule has 0 radical (unpaired) electrons. The van der Waals surface area contributed by atoms with Gasteiger partial charge in [-0.3, -0.25) is 9.38 Å². The van der Waals surface area contributed by atoms with Crippen molar-refractivity contribution < 1.29 is 0 Å². The van der Waals surface area contributed by atoms with Crippen LogP contribution in [0.1, 0.15) is 98.6 Å².